The third-order valence-electron chi connectivity index (χ3n) is 3.42. The topological polar surface area (TPSA) is 17.1 Å². The molecule has 0 heterocycles. The van der Waals surface area contributed by atoms with Crippen molar-refractivity contribution in [2.24, 2.45) is 0 Å². The van der Waals surface area contributed by atoms with E-state index in [0.717, 1.165) is 0 Å². The van der Waals surface area contributed by atoms with Crippen molar-refractivity contribution in [3.63, 3.8) is 0 Å². The Labute approximate surface area is 106 Å². The Bertz CT molecular complexity index is 389. The van der Waals surface area contributed by atoms with Crippen molar-refractivity contribution in [3.05, 3.63) is 35.9 Å². The van der Waals surface area contributed by atoms with Gasteiger partial charge < -0.3 is 4.57 Å². The van der Waals surface area contributed by atoms with E-state index in [1.807, 2.05) is 18.2 Å². The highest BCUT2D eigenvalue weighted by Gasteiger charge is 2.45. The van der Waals surface area contributed by atoms with E-state index in [1.54, 1.807) is 0 Å². The van der Waals surface area contributed by atoms with Crippen LogP contribution in [-0.2, 0) is 10.7 Å². The number of hydrogen-bond donors (Lipinski definition) is 0. The first kappa shape index (κ1) is 14.5. The number of rotatable bonds is 2. The average molecular weight is 252 g/mol. The van der Waals surface area contributed by atoms with Crippen molar-refractivity contribution in [1.82, 2.24) is 0 Å². The van der Waals surface area contributed by atoms with Crippen molar-refractivity contribution < 1.29 is 4.57 Å². The third-order valence-corrected chi connectivity index (χ3v) is 8.56. The van der Waals surface area contributed by atoms with Gasteiger partial charge in [0.25, 0.3) is 0 Å². The number of hydrogen-bond acceptors (Lipinski definition) is 1. The van der Waals surface area contributed by atoms with Crippen molar-refractivity contribution in [1.29, 1.82) is 0 Å². The van der Waals surface area contributed by atoms with Gasteiger partial charge >= 0.3 is 0 Å². The van der Waals surface area contributed by atoms with Gasteiger partial charge in [0.05, 0.1) is 0 Å². The van der Waals surface area contributed by atoms with E-state index in [1.165, 1.54) is 5.56 Å². The second kappa shape index (κ2) is 4.61. The molecule has 1 rings (SSSR count). The Morgan fingerprint density at radius 3 is 1.65 bits per heavy atom. The van der Waals surface area contributed by atoms with Gasteiger partial charge in [0.15, 0.2) is 0 Å². The monoisotopic (exact) mass is 252 g/mol. The van der Waals surface area contributed by atoms with Crippen molar-refractivity contribution in [3.8, 4) is 0 Å². The van der Waals surface area contributed by atoms with Crippen LogP contribution in [0.25, 0.3) is 0 Å². The minimum atomic E-state index is -2.31. The van der Waals surface area contributed by atoms with Crippen LogP contribution in [0.15, 0.2) is 30.3 Å². The normalized spacial score (nSPS) is 13.8. The highest BCUT2D eigenvalue weighted by molar-refractivity contribution is 7.66. The van der Waals surface area contributed by atoms with Crippen LogP contribution in [0, 0.1) is 0 Å². The third kappa shape index (κ3) is 3.01. The highest BCUT2D eigenvalue weighted by Crippen LogP contribution is 2.68. The molecule has 2 heteroatoms. The fourth-order valence-electron chi connectivity index (χ4n) is 2.32. The summed E-state index contributed by atoms with van der Waals surface area (Å²) in [7, 11) is -2.31. The molecule has 1 nitrogen and oxygen atoms in total. The quantitative estimate of drug-likeness (QED) is 0.665. The fourth-order valence-corrected chi connectivity index (χ4v) is 6.01. The average Bonchev–Trinajstić information content (AvgIpc) is 2.15. The molecule has 0 aliphatic rings. The summed E-state index contributed by atoms with van der Waals surface area (Å²) >= 11 is 0. The van der Waals surface area contributed by atoms with Crippen LogP contribution in [0.3, 0.4) is 0 Å². The molecule has 0 aliphatic carbocycles. The van der Waals surface area contributed by atoms with Gasteiger partial charge in [0.2, 0.25) is 0 Å². The lowest BCUT2D eigenvalue weighted by molar-refractivity contribution is 0.516. The maximum Gasteiger partial charge on any atom is 0.102 e. The molecule has 0 saturated heterocycles. The molecular weight excluding hydrogens is 227 g/mol. The van der Waals surface area contributed by atoms with Gasteiger partial charge in [-0.3, -0.25) is 0 Å². The zero-order valence-corrected chi connectivity index (χ0v) is 12.8. The molecule has 0 N–H and O–H groups in total. The highest BCUT2D eigenvalue weighted by atomic mass is 31.2. The van der Waals surface area contributed by atoms with Crippen LogP contribution in [0.5, 0.6) is 0 Å². The zero-order chi connectivity index (χ0) is 13.3. The molecular formula is C15H25OP. The zero-order valence-electron chi connectivity index (χ0n) is 11.9. The molecule has 0 spiro atoms. The first-order valence-electron chi connectivity index (χ1n) is 6.21. The van der Waals surface area contributed by atoms with E-state index in [2.05, 4.69) is 53.7 Å². The Hall–Kier alpha value is -0.550. The standard InChI is InChI=1S/C15H25OP/c1-14(2,3)17(16,15(4,5)6)12-13-10-8-7-9-11-13/h7-11H,12H2,1-6H3. The van der Waals surface area contributed by atoms with Crippen LogP contribution in [-0.4, -0.2) is 10.3 Å². The lowest BCUT2D eigenvalue weighted by Crippen LogP contribution is -2.29. The Kier molecular flexibility index (Phi) is 3.94. The van der Waals surface area contributed by atoms with Gasteiger partial charge in [0, 0.05) is 16.5 Å². The summed E-state index contributed by atoms with van der Waals surface area (Å²) in [6.45, 7) is 12.6. The van der Waals surface area contributed by atoms with Crippen LogP contribution in [0.2, 0.25) is 0 Å². The molecule has 0 unspecified atom stereocenters. The molecule has 0 saturated carbocycles. The summed E-state index contributed by atoms with van der Waals surface area (Å²) in [5, 5.41) is -0.303. The van der Waals surface area contributed by atoms with Crippen molar-refractivity contribution in [2.45, 2.75) is 58.0 Å². The lowest BCUT2D eigenvalue weighted by Gasteiger charge is -2.41. The molecule has 96 valence electrons. The molecule has 0 radical (unpaired) electrons. The first-order valence-corrected chi connectivity index (χ1v) is 8.10. The minimum Gasteiger partial charge on any atom is -0.322 e. The molecule has 0 bridgehead atoms. The van der Waals surface area contributed by atoms with Crippen molar-refractivity contribution >= 4 is 7.14 Å². The Balaban J connectivity index is 3.16. The van der Waals surface area contributed by atoms with Gasteiger partial charge in [-0.25, -0.2) is 0 Å². The summed E-state index contributed by atoms with van der Waals surface area (Å²) in [6.07, 6.45) is 0.695. The molecule has 17 heavy (non-hydrogen) atoms. The van der Waals surface area contributed by atoms with Gasteiger partial charge in [-0.1, -0.05) is 71.9 Å². The second-order valence-corrected chi connectivity index (χ2v) is 11.2. The molecule has 0 aliphatic heterocycles. The van der Waals surface area contributed by atoms with Crippen LogP contribution >= 0.6 is 7.14 Å². The van der Waals surface area contributed by atoms with E-state index >= 15 is 0 Å². The first-order chi connectivity index (χ1) is 7.58. The maximum absolute atomic E-state index is 13.4. The maximum atomic E-state index is 13.4. The summed E-state index contributed by atoms with van der Waals surface area (Å²) in [5.74, 6) is 0. The van der Waals surface area contributed by atoms with E-state index < -0.39 is 7.14 Å². The van der Waals surface area contributed by atoms with Crippen LogP contribution in [0.1, 0.15) is 47.1 Å². The summed E-state index contributed by atoms with van der Waals surface area (Å²) in [4.78, 5) is 0. The van der Waals surface area contributed by atoms with Crippen molar-refractivity contribution in [2.75, 3.05) is 0 Å². The Morgan fingerprint density at radius 1 is 0.882 bits per heavy atom. The van der Waals surface area contributed by atoms with E-state index in [9.17, 15) is 4.57 Å². The van der Waals surface area contributed by atoms with Crippen LogP contribution in [0.4, 0.5) is 0 Å². The molecule has 0 aromatic heterocycles. The molecule has 1 aromatic carbocycles. The molecule has 0 atom stereocenters. The number of benzene rings is 1. The largest absolute Gasteiger partial charge is 0.322 e. The second-order valence-electron chi connectivity index (χ2n) is 6.73. The molecule has 1 aromatic rings. The fraction of sp³-hybridized carbons (Fsp3) is 0.600. The van der Waals surface area contributed by atoms with Crippen LogP contribution < -0.4 is 0 Å². The Morgan fingerprint density at radius 2 is 1.29 bits per heavy atom. The predicted molar refractivity (Wildman–Crippen MR) is 77.3 cm³/mol. The molecule has 0 amide bonds. The van der Waals surface area contributed by atoms with E-state index in [0.29, 0.717) is 6.16 Å². The van der Waals surface area contributed by atoms with Gasteiger partial charge in [-0.2, -0.15) is 0 Å². The predicted octanol–water partition coefficient (Wildman–Crippen LogP) is 5.15. The summed E-state index contributed by atoms with van der Waals surface area (Å²) in [6, 6.07) is 10.2. The van der Waals surface area contributed by atoms with Gasteiger partial charge in [0.1, 0.15) is 7.14 Å². The lowest BCUT2D eigenvalue weighted by atomic mass is 10.2. The van der Waals surface area contributed by atoms with Gasteiger partial charge in [-0.15, -0.1) is 0 Å². The van der Waals surface area contributed by atoms with E-state index in [-0.39, 0.29) is 10.3 Å². The minimum absolute atomic E-state index is 0.152. The molecule has 0 fully saturated rings. The van der Waals surface area contributed by atoms with Gasteiger partial charge in [-0.05, 0) is 5.56 Å². The van der Waals surface area contributed by atoms with E-state index in [4.69, 9.17) is 0 Å². The summed E-state index contributed by atoms with van der Waals surface area (Å²) in [5.41, 5.74) is 1.18. The SMILES string of the molecule is CC(C)(C)P(=O)(Cc1ccccc1)C(C)(C)C. The summed E-state index contributed by atoms with van der Waals surface area (Å²) < 4.78 is 13.4. The smallest absolute Gasteiger partial charge is 0.102 e.